The minimum absolute atomic E-state index is 0.133. The first-order valence-corrected chi connectivity index (χ1v) is 11.4. The Morgan fingerprint density at radius 2 is 1.69 bits per heavy atom. The summed E-state index contributed by atoms with van der Waals surface area (Å²) >= 11 is 0. The molecule has 0 spiro atoms. The third-order valence-corrected chi connectivity index (χ3v) is 6.47. The van der Waals surface area contributed by atoms with Crippen molar-refractivity contribution in [3.63, 3.8) is 0 Å². The Balaban J connectivity index is 1.26. The van der Waals surface area contributed by atoms with Crippen LogP contribution in [0.2, 0.25) is 0 Å². The molecule has 2 aromatic carbocycles. The van der Waals surface area contributed by atoms with Gasteiger partial charge in [0.15, 0.2) is 0 Å². The molecule has 5 rings (SSSR count). The van der Waals surface area contributed by atoms with Gasteiger partial charge in [-0.05, 0) is 29.8 Å². The first kappa shape index (κ1) is 23.8. The smallest absolute Gasteiger partial charge is 0.367 e. The maximum absolute atomic E-state index is 13.7. The van der Waals surface area contributed by atoms with E-state index >= 15 is 0 Å². The molecule has 0 aliphatic carbocycles. The molecule has 1 fully saturated rings. The largest absolute Gasteiger partial charge is 0.417 e. The molecule has 2 aliphatic rings. The number of carbonyl (C=O) groups is 2. The highest BCUT2D eigenvalue weighted by Gasteiger charge is 2.37. The Kier molecular flexibility index (Phi) is 6.11. The van der Waals surface area contributed by atoms with Crippen LogP contribution in [0.4, 0.5) is 23.2 Å². The number of rotatable bonds is 4. The van der Waals surface area contributed by atoms with E-state index in [1.54, 1.807) is 11.1 Å². The molecule has 3 aromatic rings. The molecule has 2 amide bonds. The Hall–Kier alpha value is -3.95. The zero-order valence-corrected chi connectivity index (χ0v) is 19.1. The zero-order chi connectivity index (χ0) is 25.4. The topological polar surface area (TPSA) is 56.8 Å². The van der Waals surface area contributed by atoms with Crippen LogP contribution in [0, 0.1) is 5.82 Å². The standard InChI is InChI=1S/C26H22F4N4O2/c27-19-6-7-22(26(28,29)30)21(13-19)24(35)33-10-8-32(9-11-33)20-12-18-16-34(25(36)23(18)31-14-20)15-17-4-2-1-3-5-17/h1-7,12-14H,8-11,15-16H2. The van der Waals surface area contributed by atoms with Gasteiger partial charge in [-0.1, -0.05) is 30.3 Å². The fourth-order valence-corrected chi connectivity index (χ4v) is 4.62. The summed E-state index contributed by atoms with van der Waals surface area (Å²) in [6.07, 6.45) is -3.16. The minimum Gasteiger partial charge on any atom is -0.367 e. The van der Waals surface area contributed by atoms with Crippen molar-refractivity contribution in [1.82, 2.24) is 14.8 Å². The van der Waals surface area contributed by atoms with E-state index < -0.39 is 29.0 Å². The highest BCUT2D eigenvalue weighted by molar-refractivity contribution is 5.97. The second-order valence-electron chi connectivity index (χ2n) is 8.81. The van der Waals surface area contributed by atoms with E-state index in [1.807, 2.05) is 41.3 Å². The lowest BCUT2D eigenvalue weighted by Crippen LogP contribution is -2.49. The van der Waals surface area contributed by atoms with E-state index in [1.165, 1.54) is 4.90 Å². The van der Waals surface area contributed by atoms with E-state index in [-0.39, 0.29) is 19.0 Å². The second-order valence-corrected chi connectivity index (χ2v) is 8.81. The average molecular weight is 498 g/mol. The average Bonchev–Trinajstić information content (AvgIpc) is 3.17. The third-order valence-electron chi connectivity index (χ3n) is 6.47. The van der Waals surface area contributed by atoms with Gasteiger partial charge in [-0.2, -0.15) is 13.2 Å². The Bertz CT molecular complexity index is 1310. The SMILES string of the molecule is O=C(c1cc(F)ccc1C(F)(F)F)N1CCN(c2cnc3c(c2)CN(Cc2ccccc2)C3=O)CC1. The summed E-state index contributed by atoms with van der Waals surface area (Å²) < 4.78 is 53.7. The summed E-state index contributed by atoms with van der Waals surface area (Å²) in [5, 5.41) is 0. The van der Waals surface area contributed by atoms with Crippen LogP contribution in [0.1, 0.15) is 37.5 Å². The summed E-state index contributed by atoms with van der Waals surface area (Å²) in [4.78, 5) is 35.0. The van der Waals surface area contributed by atoms with Gasteiger partial charge >= 0.3 is 6.18 Å². The number of carbonyl (C=O) groups excluding carboxylic acids is 2. The number of nitrogens with zero attached hydrogens (tertiary/aromatic N) is 4. The van der Waals surface area contributed by atoms with Crippen molar-refractivity contribution >= 4 is 17.5 Å². The van der Waals surface area contributed by atoms with Gasteiger partial charge in [0.05, 0.1) is 23.0 Å². The van der Waals surface area contributed by atoms with E-state index in [4.69, 9.17) is 0 Å². The van der Waals surface area contributed by atoms with Crippen molar-refractivity contribution in [3.05, 3.63) is 94.6 Å². The van der Waals surface area contributed by atoms with Gasteiger partial charge in [0.1, 0.15) is 11.5 Å². The first-order valence-electron chi connectivity index (χ1n) is 11.4. The monoisotopic (exact) mass is 498 g/mol. The third kappa shape index (κ3) is 4.62. The molecule has 2 aliphatic heterocycles. The molecule has 0 saturated carbocycles. The zero-order valence-electron chi connectivity index (χ0n) is 19.1. The molecule has 6 nitrogen and oxygen atoms in total. The molecule has 36 heavy (non-hydrogen) atoms. The number of hydrogen-bond acceptors (Lipinski definition) is 4. The van der Waals surface area contributed by atoms with Crippen molar-refractivity contribution < 1.29 is 27.2 Å². The fourth-order valence-electron chi connectivity index (χ4n) is 4.62. The number of piperazine rings is 1. The van der Waals surface area contributed by atoms with Gasteiger partial charge in [0.2, 0.25) is 0 Å². The number of hydrogen-bond donors (Lipinski definition) is 0. The van der Waals surface area contributed by atoms with Crippen molar-refractivity contribution in [1.29, 1.82) is 0 Å². The molecule has 1 saturated heterocycles. The molecule has 0 atom stereocenters. The number of pyridine rings is 1. The normalized spacial score (nSPS) is 15.9. The molecule has 0 unspecified atom stereocenters. The molecule has 0 N–H and O–H groups in total. The van der Waals surface area contributed by atoms with Crippen LogP contribution < -0.4 is 4.90 Å². The minimum atomic E-state index is -4.76. The van der Waals surface area contributed by atoms with Crippen LogP contribution in [0.15, 0.2) is 60.8 Å². The van der Waals surface area contributed by atoms with Crippen molar-refractivity contribution in [3.8, 4) is 0 Å². The van der Waals surface area contributed by atoms with E-state index in [9.17, 15) is 27.2 Å². The van der Waals surface area contributed by atoms with Gasteiger partial charge in [-0.15, -0.1) is 0 Å². The molecule has 3 heterocycles. The van der Waals surface area contributed by atoms with Gasteiger partial charge < -0.3 is 14.7 Å². The van der Waals surface area contributed by atoms with Gasteiger partial charge in [0.25, 0.3) is 11.8 Å². The number of halogens is 4. The lowest BCUT2D eigenvalue weighted by atomic mass is 10.0. The van der Waals surface area contributed by atoms with Crippen LogP contribution >= 0.6 is 0 Å². The summed E-state index contributed by atoms with van der Waals surface area (Å²) in [5.41, 5.74) is 1.18. The number of benzene rings is 2. The molecule has 0 radical (unpaired) electrons. The molecule has 0 bridgehead atoms. The Morgan fingerprint density at radius 3 is 2.39 bits per heavy atom. The number of amides is 2. The van der Waals surface area contributed by atoms with E-state index in [0.717, 1.165) is 16.8 Å². The lowest BCUT2D eigenvalue weighted by Gasteiger charge is -2.36. The molecule has 10 heteroatoms. The van der Waals surface area contributed by atoms with Crippen LogP contribution in [0.25, 0.3) is 0 Å². The molecular weight excluding hydrogens is 476 g/mol. The number of aromatic nitrogens is 1. The molecular formula is C26H22F4N4O2. The Morgan fingerprint density at radius 1 is 0.972 bits per heavy atom. The quantitative estimate of drug-likeness (QED) is 0.502. The highest BCUT2D eigenvalue weighted by atomic mass is 19.4. The van der Waals surface area contributed by atoms with Crippen molar-refractivity contribution in [2.75, 3.05) is 31.1 Å². The second kappa shape index (κ2) is 9.25. The van der Waals surface area contributed by atoms with Crippen molar-refractivity contribution in [2.24, 2.45) is 0 Å². The van der Waals surface area contributed by atoms with Crippen molar-refractivity contribution in [2.45, 2.75) is 19.3 Å². The highest BCUT2D eigenvalue weighted by Crippen LogP contribution is 2.33. The van der Waals surface area contributed by atoms with Crippen LogP contribution in [0.3, 0.4) is 0 Å². The predicted molar refractivity (Wildman–Crippen MR) is 124 cm³/mol. The van der Waals surface area contributed by atoms with Gasteiger partial charge in [-0.3, -0.25) is 9.59 Å². The predicted octanol–water partition coefficient (Wildman–Crippen LogP) is 4.36. The summed E-state index contributed by atoms with van der Waals surface area (Å²) in [6.45, 7) is 1.98. The van der Waals surface area contributed by atoms with Gasteiger partial charge in [0, 0.05) is 44.8 Å². The summed E-state index contributed by atoms with van der Waals surface area (Å²) in [5.74, 6) is -1.88. The number of alkyl halides is 3. The first-order chi connectivity index (χ1) is 17.2. The van der Waals surface area contributed by atoms with Crippen LogP contribution in [0.5, 0.6) is 0 Å². The maximum atomic E-state index is 13.7. The summed E-state index contributed by atoms with van der Waals surface area (Å²) in [7, 11) is 0. The van der Waals surface area contributed by atoms with Crippen LogP contribution in [-0.4, -0.2) is 52.8 Å². The van der Waals surface area contributed by atoms with Crippen LogP contribution in [-0.2, 0) is 19.3 Å². The molecule has 186 valence electrons. The summed E-state index contributed by atoms with van der Waals surface area (Å²) in [6, 6.07) is 13.5. The lowest BCUT2D eigenvalue weighted by molar-refractivity contribution is -0.138. The maximum Gasteiger partial charge on any atom is 0.417 e. The van der Waals surface area contributed by atoms with E-state index in [2.05, 4.69) is 4.98 Å². The van der Waals surface area contributed by atoms with Gasteiger partial charge in [-0.25, -0.2) is 9.37 Å². The molecule has 1 aromatic heterocycles. The van der Waals surface area contributed by atoms with E-state index in [0.29, 0.717) is 50.1 Å². The number of anilines is 1. The fraction of sp³-hybridized carbons (Fsp3) is 0.269. The number of fused-ring (bicyclic) bond motifs is 1. The Labute approximate surface area is 204 Å².